The molecule has 0 aliphatic carbocycles. The summed E-state index contributed by atoms with van der Waals surface area (Å²) >= 11 is 20.9. The summed E-state index contributed by atoms with van der Waals surface area (Å²) < 4.78 is 41.2. The molecule has 1 unspecified atom stereocenters. The predicted octanol–water partition coefficient (Wildman–Crippen LogP) is 7.81. The van der Waals surface area contributed by atoms with Gasteiger partial charge in [-0.3, -0.25) is 0 Å². The summed E-state index contributed by atoms with van der Waals surface area (Å²) in [5.74, 6) is -1.86. The molecule has 2 rings (SSSR count). The molecule has 25 heavy (non-hydrogen) atoms. The van der Waals surface area contributed by atoms with Crippen LogP contribution in [0.15, 0.2) is 40.9 Å². The highest BCUT2D eigenvalue weighted by molar-refractivity contribution is 9.10. The minimum Gasteiger partial charge on any atom is -0.387 e. The van der Waals surface area contributed by atoms with Gasteiger partial charge in [0.05, 0.1) is 21.0 Å². The summed E-state index contributed by atoms with van der Waals surface area (Å²) in [6, 6.07) is 7.55. The lowest BCUT2D eigenvalue weighted by molar-refractivity contribution is -0.139. The smallest absolute Gasteiger partial charge is 0.387 e. The molecule has 1 N–H and O–H groups in total. The van der Waals surface area contributed by atoms with Crippen molar-refractivity contribution in [1.29, 1.82) is 0 Å². The summed E-state index contributed by atoms with van der Waals surface area (Å²) in [6.07, 6.45) is -2.03. The van der Waals surface area contributed by atoms with E-state index in [4.69, 9.17) is 34.8 Å². The van der Waals surface area contributed by atoms with Crippen LogP contribution < -0.4 is 5.32 Å². The van der Waals surface area contributed by atoms with E-state index in [0.717, 1.165) is 16.2 Å². The van der Waals surface area contributed by atoms with E-state index >= 15 is 0 Å². The molecular weight excluding hydrogens is 461 g/mol. The van der Waals surface area contributed by atoms with Gasteiger partial charge >= 0.3 is 6.18 Å². The molecular formula is C17H12BrCl3F3N. The number of hydrogen-bond donors (Lipinski definition) is 1. The molecule has 0 saturated carbocycles. The summed E-state index contributed by atoms with van der Waals surface area (Å²) in [7, 11) is 1.75. The van der Waals surface area contributed by atoms with Gasteiger partial charge in [0, 0.05) is 17.2 Å². The Morgan fingerprint density at radius 3 is 2.16 bits per heavy atom. The van der Waals surface area contributed by atoms with E-state index in [0.29, 0.717) is 5.56 Å². The van der Waals surface area contributed by atoms with Gasteiger partial charge in [-0.1, -0.05) is 53.0 Å². The highest BCUT2D eigenvalue weighted by Gasteiger charge is 2.39. The number of anilines is 1. The number of benzene rings is 2. The van der Waals surface area contributed by atoms with Gasteiger partial charge in [0.15, 0.2) is 0 Å². The van der Waals surface area contributed by atoms with Gasteiger partial charge in [-0.05, 0) is 51.3 Å². The van der Waals surface area contributed by atoms with Gasteiger partial charge in [-0.25, -0.2) is 0 Å². The molecule has 0 radical (unpaired) electrons. The van der Waals surface area contributed by atoms with Crippen LogP contribution in [0, 0.1) is 0 Å². The first-order valence-corrected chi connectivity index (χ1v) is 8.93. The van der Waals surface area contributed by atoms with Gasteiger partial charge in [-0.15, -0.1) is 0 Å². The van der Waals surface area contributed by atoms with Crippen LogP contribution in [0.25, 0.3) is 6.08 Å². The van der Waals surface area contributed by atoms with Crippen molar-refractivity contribution < 1.29 is 13.2 Å². The van der Waals surface area contributed by atoms with Gasteiger partial charge in [0.25, 0.3) is 0 Å². The fourth-order valence-electron chi connectivity index (χ4n) is 2.21. The average molecular weight is 474 g/mol. The summed E-state index contributed by atoms with van der Waals surface area (Å²) in [5.41, 5.74) is 1.38. The van der Waals surface area contributed by atoms with Crippen molar-refractivity contribution in [2.24, 2.45) is 0 Å². The maximum absolute atomic E-state index is 13.5. The first-order valence-electron chi connectivity index (χ1n) is 7.00. The van der Waals surface area contributed by atoms with E-state index in [9.17, 15) is 13.2 Å². The molecule has 0 fully saturated rings. The molecule has 1 atom stereocenters. The number of hydrogen-bond acceptors (Lipinski definition) is 1. The van der Waals surface area contributed by atoms with Gasteiger partial charge in [0.1, 0.15) is 0 Å². The Morgan fingerprint density at radius 1 is 1.08 bits per heavy atom. The highest BCUT2D eigenvalue weighted by Crippen LogP contribution is 2.41. The maximum atomic E-state index is 13.5. The number of rotatable bonds is 4. The fraction of sp³-hybridized carbons (Fsp3) is 0.176. The predicted molar refractivity (Wildman–Crippen MR) is 103 cm³/mol. The molecule has 0 aromatic heterocycles. The number of halogens is 7. The van der Waals surface area contributed by atoms with E-state index in [-0.39, 0.29) is 20.6 Å². The van der Waals surface area contributed by atoms with Crippen LogP contribution in [0.4, 0.5) is 18.9 Å². The molecule has 0 aliphatic heterocycles. The highest BCUT2D eigenvalue weighted by atomic mass is 79.9. The monoisotopic (exact) mass is 471 g/mol. The Hall–Kier alpha value is -0.880. The third-order valence-electron chi connectivity index (χ3n) is 3.46. The van der Waals surface area contributed by atoms with Crippen molar-refractivity contribution >= 4 is 62.5 Å². The van der Waals surface area contributed by atoms with Crippen LogP contribution >= 0.6 is 50.7 Å². The van der Waals surface area contributed by atoms with Crippen LogP contribution in [0.2, 0.25) is 15.1 Å². The van der Waals surface area contributed by atoms with E-state index in [1.807, 2.05) is 0 Å². The summed E-state index contributed by atoms with van der Waals surface area (Å²) in [6.45, 7) is 0. The van der Waals surface area contributed by atoms with Gasteiger partial charge in [-0.2, -0.15) is 13.2 Å². The van der Waals surface area contributed by atoms with Gasteiger partial charge in [0.2, 0.25) is 0 Å². The second-order valence-corrected chi connectivity index (χ2v) is 7.21. The zero-order valence-corrected chi connectivity index (χ0v) is 16.6. The van der Waals surface area contributed by atoms with E-state index in [1.54, 1.807) is 25.2 Å². The molecule has 8 heteroatoms. The molecule has 1 nitrogen and oxygen atoms in total. The second-order valence-electron chi connectivity index (χ2n) is 5.17. The normalized spacial score (nSPS) is 13.3. The van der Waals surface area contributed by atoms with Crippen LogP contribution in [-0.2, 0) is 0 Å². The zero-order valence-electron chi connectivity index (χ0n) is 12.8. The molecule has 0 saturated heterocycles. The van der Waals surface area contributed by atoms with Crippen molar-refractivity contribution in [3.8, 4) is 0 Å². The summed E-state index contributed by atoms with van der Waals surface area (Å²) in [4.78, 5) is 0. The topological polar surface area (TPSA) is 12.0 Å². The SMILES string of the molecule is CNc1ccc(/C=C/C(c2cc(Cl)c(Cl)c(Cl)c2)C(F)(F)F)cc1Br. The number of alkyl halides is 3. The maximum Gasteiger partial charge on any atom is 0.399 e. The molecule has 0 heterocycles. The van der Waals surface area contributed by atoms with Crippen molar-refractivity contribution in [3.63, 3.8) is 0 Å². The quantitative estimate of drug-likeness (QED) is 0.447. The third kappa shape index (κ3) is 5.07. The Balaban J connectivity index is 2.41. The lowest BCUT2D eigenvalue weighted by Gasteiger charge is -2.18. The largest absolute Gasteiger partial charge is 0.399 e. The minimum absolute atomic E-state index is 0.0204. The van der Waals surface area contributed by atoms with E-state index < -0.39 is 12.1 Å². The van der Waals surface area contributed by atoms with Crippen molar-refractivity contribution in [2.75, 3.05) is 12.4 Å². The minimum atomic E-state index is -4.50. The lowest BCUT2D eigenvalue weighted by Crippen LogP contribution is -2.19. The van der Waals surface area contributed by atoms with Crippen molar-refractivity contribution in [3.05, 3.63) is 67.1 Å². The van der Waals surface area contributed by atoms with E-state index in [2.05, 4.69) is 21.2 Å². The van der Waals surface area contributed by atoms with Crippen LogP contribution in [-0.4, -0.2) is 13.2 Å². The van der Waals surface area contributed by atoms with Crippen LogP contribution in [0.1, 0.15) is 17.0 Å². The molecule has 0 aliphatic rings. The number of nitrogens with one attached hydrogen (secondary N) is 1. The molecule has 2 aromatic carbocycles. The number of allylic oxidation sites excluding steroid dienone is 1. The second kappa shape index (κ2) is 8.21. The van der Waals surface area contributed by atoms with Crippen LogP contribution in [0.3, 0.4) is 0 Å². The average Bonchev–Trinajstić information content (AvgIpc) is 2.51. The first kappa shape index (κ1) is 20.4. The standard InChI is InChI=1S/C17H12BrCl3F3N/c1-25-15-5-3-9(6-12(15)18)2-4-11(17(22,23)24)10-7-13(19)16(21)14(20)8-10/h2-8,11,25H,1H3/b4-2+. The first-order chi connectivity index (χ1) is 11.6. The lowest BCUT2D eigenvalue weighted by atomic mass is 9.97. The Labute approximate surface area is 166 Å². The molecule has 0 bridgehead atoms. The zero-order chi connectivity index (χ0) is 18.8. The molecule has 0 spiro atoms. The van der Waals surface area contributed by atoms with Crippen molar-refractivity contribution in [2.45, 2.75) is 12.1 Å². The Kier molecular flexibility index (Phi) is 6.71. The Bertz CT molecular complexity index is 783. The fourth-order valence-corrected chi connectivity index (χ4v) is 3.42. The molecule has 0 amide bonds. The third-order valence-corrected chi connectivity index (χ3v) is 5.31. The molecule has 134 valence electrons. The Morgan fingerprint density at radius 2 is 1.68 bits per heavy atom. The molecule has 2 aromatic rings. The van der Waals surface area contributed by atoms with E-state index in [1.165, 1.54) is 18.2 Å². The van der Waals surface area contributed by atoms with Crippen molar-refractivity contribution in [1.82, 2.24) is 0 Å². The van der Waals surface area contributed by atoms with Crippen LogP contribution in [0.5, 0.6) is 0 Å². The summed E-state index contributed by atoms with van der Waals surface area (Å²) in [5, 5.41) is 2.95. The van der Waals surface area contributed by atoms with Gasteiger partial charge < -0.3 is 5.32 Å².